The Kier molecular flexibility index (Phi) is 3.53. The summed E-state index contributed by atoms with van der Waals surface area (Å²) in [5, 5.41) is 4.03. The van der Waals surface area contributed by atoms with Crippen LogP contribution in [0.4, 0.5) is 0 Å². The molecule has 0 aromatic heterocycles. The molecule has 2 aliphatic rings. The molecule has 2 saturated carbocycles. The molecule has 2 aliphatic carbocycles. The lowest BCUT2D eigenvalue weighted by Crippen LogP contribution is -2.39. The molecule has 2 nitrogen and oxygen atoms in total. The largest absolute Gasteiger partial charge is 0.346 e. The standard InChI is InChI=1S/C16H20ClNO/c17-14-8-4-7-13(11-14)16(9-10-16)18-15(19)12-5-2-1-3-6-12/h4,7-8,11-12H,1-3,5-6,9-10H2,(H,18,19). The Labute approximate surface area is 119 Å². The fourth-order valence-electron chi connectivity index (χ4n) is 3.10. The van der Waals surface area contributed by atoms with Crippen molar-refractivity contribution in [2.75, 3.05) is 0 Å². The average Bonchev–Trinajstić information content (AvgIpc) is 3.21. The van der Waals surface area contributed by atoms with E-state index < -0.39 is 0 Å². The van der Waals surface area contributed by atoms with Gasteiger partial charge in [0, 0.05) is 10.9 Å². The van der Waals surface area contributed by atoms with Gasteiger partial charge in [-0.15, -0.1) is 0 Å². The second-order valence-corrected chi connectivity index (χ2v) is 6.35. The number of carbonyl (C=O) groups is 1. The van der Waals surface area contributed by atoms with Crippen molar-refractivity contribution in [3.05, 3.63) is 34.9 Å². The SMILES string of the molecule is O=C(NC1(c2cccc(Cl)c2)CC1)C1CCCCC1. The van der Waals surface area contributed by atoms with Crippen LogP contribution in [0, 0.1) is 5.92 Å². The molecule has 0 unspecified atom stereocenters. The van der Waals surface area contributed by atoms with Crippen LogP contribution in [0.25, 0.3) is 0 Å². The fourth-order valence-corrected chi connectivity index (χ4v) is 3.29. The monoisotopic (exact) mass is 277 g/mol. The summed E-state index contributed by atoms with van der Waals surface area (Å²) in [5.74, 6) is 0.475. The number of benzene rings is 1. The molecule has 1 amide bonds. The van der Waals surface area contributed by atoms with Gasteiger partial charge < -0.3 is 5.32 Å². The third kappa shape index (κ3) is 2.79. The van der Waals surface area contributed by atoms with Crippen LogP contribution in [0.1, 0.15) is 50.5 Å². The van der Waals surface area contributed by atoms with Crippen LogP contribution in [0.3, 0.4) is 0 Å². The zero-order chi connectivity index (χ0) is 13.3. The molecule has 1 aromatic rings. The highest BCUT2D eigenvalue weighted by Gasteiger charge is 2.46. The molecule has 0 radical (unpaired) electrons. The summed E-state index contributed by atoms with van der Waals surface area (Å²) < 4.78 is 0. The molecule has 0 aliphatic heterocycles. The van der Waals surface area contributed by atoms with Gasteiger partial charge in [0.1, 0.15) is 0 Å². The molecule has 0 atom stereocenters. The van der Waals surface area contributed by atoms with Gasteiger partial charge >= 0.3 is 0 Å². The van der Waals surface area contributed by atoms with Crippen molar-refractivity contribution in [2.24, 2.45) is 5.92 Å². The van der Waals surface area contributed by atoms with Crippen LogP contribution in [0.5, 0.6) is 0 Å². The van der Waals surface area contributed by atoms with Gasteiger partial charge in [-0.1, -0.05) is 43.0 Å². The number of carbonyl (C=O) groups excluding carboxylic acids is 1. The summed E-state index contributed by atoms with van der Waals surface area (Å²) in [5.41, 5.74) is 1.03. The van der Waals surface area contributed by atoms with Crippen molar-refractivity contribution in [2.45, 2.75) is 50.5 Å². The maximum absolute atomic E-state index is 12.4. The number of halogens is 1. The van der Waals surface area contributed by atoms with Gasteiger partial charge in [0.25, 0.3) is 0 Å². The normalized spacial score (nSPS) is 21.9. The molecule has 0 spiro atoms. The zero-order valence-electron chi connectivity index (χ0n) is 11.1. The van der Waals surface area contributed by atoms with E-state index in [-0.39, 0.29) is 17.4 Å². The maximum Gasteiger partial charge on any atom is 0.223 e. The van der Waals surface area contributed by atoms with Gasteiger partial charge in [0.05, 0.1) is 5.54 Å². The first-order chi connectivity index (χ1) is 9.20. The quantitative estimate of drug-likeness (QED) is 0.888. The van der Waals surface area contributed by atoms with Crippen molar-refractivity contribution in [1.29, 1.82) is 0 Å². The Morgan fingerprint density at radius 2 is 1.95 bits per heavy atom. The van der Waals surface area contributed by atoms with Crippen LogP contribution in [0.2, 0.25) is 5.02 Å². The minimum absolute atomic E-state index is 0.126. The number of hydrogen-bond acceptors (Lipinski definition) is 1. The molecule has 1 N–H and O–H groups in total. The van der Waals surface area contributed by atoms with Crippen molar-refractivity contribution in [1.82, 2.24) is 5.32 Å². The number of nitrogens with one attached hydrogen (secondary N) is 1. The lowest BCUT2D eigenvalue weighted by Gasteiger charge is -2.25. The minimum atomic E-state index is -0.126. The van der Waals surface area contributed by atoms with Gasteiger partial charge in [-0.05, 0) is 43.4 Å². The van der Waals surface area contributed by atoms with Crippen molar-refractivity contribution >= 4 is 17.5 Å². The highest BCUT2D eigenvalue weighted by Crippen LogP contribution is 2.46. The average molecular weight is 278 g/mol. The van der Waals surface area contributed by atoms with Gasteiger partial charge in [0.2, 0.25) is 5.91 Å². The molecule has 3 rings (SSSR count). The van der Waals surface area contributed by atoms with E-state index >= 15 is 0 Å². The molecule has 0 bridgehead atoms. The molecule has 0 heterocycles. The molecule has 1 aromatic carbocycles. The van der Waals surface area contributed by atoms with Crippen LogP contribution in [0.15, 0.2) is 24.3 Å². The summed E-state index contributed by atoms with van der Waals surface area (Å²) in [4.78, 5) is 12.4. The second-order valence-electron chi connectivity index (χ2n) is 5.92. The predicted molar refractivity (Wildman–Crippen MR) is 77.1 cm³/mol. The maximum atomic E-state index is 12.4. The zero-order valence-corrected chi connectivity index (χ0v) is 11.9. The van der Waals surface area contributed by atoms with Crippen molar-refractivity contribution < 1.29 is 4.79 Å². The van der Waals surface area contributed by atoms with E-state index in [0.29, 0.717) is 0 Å². The Bertz CT molecular complexity index is 475. The van der Waals surface area contributed by atoms with Crippen molar-refractivity contribution in [3.63, 3.8) is 0 Å². The minimum Gasteiger partial charge on any atom is -0.346 e. The highest BCUT2D eigenvalue weighted by molar-refractivity contribution is 6.30. The molecule has 102 valence electrons. The van der Waals surface area contributed by atoms with Crippen LogP contribution >= 0.6 is 11.6 Å². The first-order valence-corrected chi connectivity index (χ1v) is 7.65. The predicted octanol–water partition coefficient (Wildman–Crippen LogP) is 4.03. The van der Waals surface area contributed by atoms with Gasteiger partial charge in [-0.2, -0.15) is 0 Å². The van der Waals surface area contributed by atoms with E-state index in [4.69, 9.17) is 11.6 Å². The first-order valence-electron chi connectivity index (χ1n) is 7.28. The summed E-state index contributed by atoms with van der Waals surface area (Å²) >= 11 is 6.05. The molecule has 0 saturated heterocycles. The Morgan fingerprint density at radius 1 is 1.21 bits per heavy atom. The summed E-state index contributed by atoms with van der Waals surface area (Å²) in [6.07, 6.45) is 7.85. The summed E-state index contributed by atoms with van der Waals surface area (Å²) in [6, 6.07) is 7.89. The van der Waals surface area contributed by atoms with Crippen molar-refractivity contribution in [3.8, 4) is 0 Å². The van der Waals surface area contributed by atoms with E-state index in [1.807, 2.05) is 18.2 Å². The lowest BCUT2D eigenvalue weighted by molar-refractivity contribution is -0.127. The van der Waals surface area contributed by atoms with E-state index in [2.05, 4.69) is 11.4 Å². The lowest BCUT2D eigenvalue weighted by atomic mass is 9.88. The van der Waals surface area contributed by atoms with E-state index in [1.54, 1.807) is 0 Å². The second kappa shape index (κ2) is 5.16. The van der Waals surface area contributed by atoms with E-state index in [1.165, 1.54) is 19.3 Å². The number of rotatable bonds is 3. The van der Waals surface area contributed by atoms with Crippen LogP contribution in [-0.4, -0.2) is 5.91 Å². The fraction of sp³-hybridized carbons (Fsp3) is 0.562. The molecular weight excluding hydrogens is 258 g/mol. The molecular formula is C16H20ClNO. The van der Waals surface area contributed by atoms with Crippen LogP contribution in [-0.2, 0) is 10.3 Å². The Morgan fingerprint density at radius 3 is 2.58 bits per heavy atom. The molecule has 3 heteroatoms. The summed E-state index contributed by atoms with van der Waals surface area (Å²) in [6.45, 7) is 0. The Hall–Kier alpha value is -1.02. The van der Waals surface area contributed by atoms with E-state index in [0.717, 1.165) is 36.3 Å². The third-order valence-corrected chi connectivity index (χ3v) is 4.70. The third-order valence-electron chi connectivity index (χ3n) is 4.47. The van der Waals surface area contributed by atoms with Gasteiger partial charge in [-0.25, -0.2) is 0 Å². The number of hydrogen-bond donors (Lipinski definition) is 1. The smallest absolute Gasteiger partial charge is 0.223 e. The summed E-state index contributed by atoms with van der Waals surface area (Å²) in [7, 11) is 0. The van der Waals surface area contributed by atoms with Gasteiger partial charge in [0.15, 0.2) is 0 Å². The first kappa shape index (κ1) is 13.0. The van der Waals surface area contributed by atoms with E-state index in [9.17, 15) is 4.79 Å². The van der Waals surface area contributed by atoms with Gasteiger partial charge in [-0.3, -0.25) is 4.79 Å². The molecule has 19 heavy (non-hydrogen) atoms. The number of amides is 1. The Balaban J connectivity index is 1.70. The molecule has 2 fully saturated rings. The van der Waals surface area contributed by atoms with Crippen LogP contribution < -0.4 is 5.32 Å². The topological polar surface area (TPSA) is 29.1 Å². The highest BCUT2D eigenvalue weighted by atomic mass is 35.5.